The van der Waals surface area contributed by atoms with E-state index in [4.69, 9.17) is 14.6 Å². The highest BCUT2D eigenvalue weighted by molar-refractivity contribution is 5.12. The number of hydrogen-bond donors (Lipinski definition) is 4. The van der Waals surface area contributed by atoms with Gasteiger partial charge in [0.1, 0.15) is 23.4 Å². The minimum atomic E-state index is -1.82. The molecule has 0 spiro atoms. The maximum absolute atomic E-state index is 10.3. The summed E-state index contributed by atoms with van der Waals surface area (Å²) < 4.78 is 10.3. The minimum Gasteiger partial charge on any atom is -0.394 e. The van der Waals surface area contributed by atoms with Gasteiger partial charge in [-0.25, -0.2) is 0 Å². The molecule has 5 atom stereocenters. The van der Waals surface area contributed by atoms with Crippen LogP contribution in [-0.4, -0.2) is 63.3 Å². The topological polar surface area (TPSA) is 99.4 Å². The zero-order chi connectivity index (χ0) is 12.8. The monoisotopic (exact) mass is 236 g/mol. The van der Waals surface area contributed by atoms with E-state index in [0.29, 0.717) is 0 Å². The van der Waals surface area contributed by atoms with Crippen molar-refractivity contribution in [3.63, 3.8) is 0 Å². The van der Waals surface area contributed by atoms with Crippen LogP contribution < -0.4 is 0 Å². The van der Waals surface area contributed by atoms with E-state index in [1.54, 1.807) is 0 Å². The summed E-state index contributed by atoms with van der Waals surface area (Å²) in [6.45, 7) is 3.58. The molecule has 1 rings (SSSR count). The molecule has 0 aromatic heterocycles. The third kappa shape index (κ3) is 1.57. The first-order valence-electron chi connectivity index (χ1n) is 5.10. The summed E-state index contributed by atoms with van der Waals surface area (Å²) in [5, 5.41) is 39.3. The van der Waals surface area contributed by atoms with E-state index < -0.39 is 35.8 Å². The number of hydrogen-bond acceptors (Lipinski definition) is 6. The van der Waals surface area contributed by atoms with Gasteiger partial charge in [0.15, 0.2) is 5.79 Å². The van der Waals surface area contributed by atoms with Gasteiger partial charge in [-0.2, -0.15) is 0 Å². The van der Waals surface area contributed by atoms with Gasteiger partial charge in [-0.15, -0.1) is 0 Å². The Morgan fingerprint density at radius 3 is 2.12 bits per heavy atom. The van der Waals surface area contributed by atoms with Crippen LogP contribution in [0.3, 0.4) is 0 Å². The van der Waals surface area contributed by atoms with E-state index in [1.807, 2.05) is 0 Å². The molecule has 0 aliphatic carbocycles. The second-order valence-electron chi connectivity index (χ2n) is 4.65. The van der Waals surface area contributed by atoms with E-state index in [-0.39, 0.29) is 0 Å². The minimum absolute atomic E-state index is 0.507. The number of aliphatic hydroxyl groups excluding tert-OH is 2. The average Bonchev–Trinajstić information content (AvgIpc) is 2.21. The molecule has 0 aromatic carbocycles. The Balaban J connectivity index is 3.20. The summed E-state index contributed by atoms with van der Waals surface area (Å²) in [6.07, 6.45) is -2.42. The van der Waals surface area contributed by atoms with Crippen molar-refractivity contribution in [2.24, 2.45) is 0 Å². The molecule has 1 saturated heterocycles. The summed E-state index contributed by atoms with van der Waals surface area (Å²) in [5.74, 6) is -1.82. The lowest BCUT2D eigenvalue weighted by molar-refractivity contribution is -0.406. The first-order valence-corrected chi connectivity index (χ1v) is 5.10. The normalized spacial score (nSPS) is 54.0. The molecule has 1 fully saturated rings. The average molecular weight is 236 g/mol. The van der Waals surface area contributed by atoms with Crippen molar-refractivity contribution in [2.75, 3.05) is 13.7 Å². The first kappa shape index (κ1) is 13.8. The van der Waals surface area contributed by atoms with E-state index >= 15 is 0 Å². The summed E-state index contributed by atoms with van der Waals surface area (Å²) in [5.41, 5.74) is -3.26. The summed E-state index contributed by atoms with van der Waals surface area (Å²) in [4.78, 5) is 0. The SMILES string of the molecule is CO[C@@]1(C)C(C)(O)O[C@H](CO)[C@@H](O)[C@]1(C)O. The van der Waals surface area contributed by atoms with E-state index in [0.717, 1.165) is 0 Å². The Labute approximate surface area is 94.4 Å². The van der Waals surface area contributed by atoms with Gasteiger partial charge >= 0.3 is 0 Å². The van der Waals surface area contributed by atoms with Crippen LogP contribution in [0.1, 0.15) is 20.8 Å². The zero-order valence-corrected chi connectivity index (χ0v) is 9.97. The van der Waals surface area contributed by atoms with Crippen molar-refractivity contribution in [1.29, 1.82) is 0 Å². The van der Waals surface area contributed by atoms with Crippen LogP contribution >= 0.6 is 0 Å². The summed E-state index contributed by atoms with van der Waals surface area (Å²) in [6, 6.07) is 0. The smallest absolute Gasteiger partial charge is 0.195 e. The molecular weight excluding hydrogens is 216 g/mol. The van der Waals surface area contributed by atoms with Gasteiger partial charge < -0.3 is 29.9 Å². The summed E-state index contributed by atoms with van der Waals surface area (Å²) in [7, 11) is 1.30. The molecular formula is C10H20O6. The molecule has 0 saturated carbocycles. The fourth-order valence-corrected chi connectivity index (χ4v) is 2.12. The lowest BCUT2D eigenvalue weighted by Crippen LogP contribution is -2.77. The Hall–Kier alpha value is -0.240. The van der Waals surface area contributed by atoms with Gasteiger partial charge in [0, 0.05) is 7.11 Å². The highest BCUT2D eigenvalue weighted by Crippen LogP contribution is 2.44. The van der Waals surface area contributed by atoms with E-state index in [9.17, 15) is 15.3 Å². The molecule has 16 heavy (non-hydrogen) atoms. The van der Waals surface area contributed by atoms with Gasteiger partial charge in [0.2, 0.25) is 0 Å². The number of ether oxygens (including phenoxy) is 2. The van der Waals surface area contributed by atoms with E-state index in [1.165, 1.54) is 27.9 Å². The number of aliphatic hydroxyl groups is 4. The Bertz CT molecular complexity index is 264. The predicted molar refractivity (Wildman–Crippen MR) is 54.6 cm³/mol. The molecule has 6 heteroatoms. The van der Waals surface area contributed by atoms with Gasteiger partial charge in [0.05, 0.1) is 6.61 Å². The number of methoxy groups -OCH3 is 1. The highest BCUT2D eigenvalue weighted by Gasteiger charge is 2.66. The van der Waals surface area contributed by atoms with Crippen molar-refractivity contribution >= 4 is 0 Å². The second-order valence-corrected chi connectivity index (χ2v) is 4.65. The second kappa shape index (κ2) is 3.90. The van der Waals surface area contributed by atoms with Gasteiger partial charge in [0.25, 0.3) is 0 Å². The van der Waals surface area contributed by atoms with Crippen LogP contribution in [0.2, 0.25) is 0 Å². The molecule has 1 aliphatic heterocycles. The number of rotatable bonds is 2. The van der Waals surface area contributed by atoms with Crippen molar-refractivity contribution in [2.45, 2.75) is 50.0 Å². The van der Waals surface area contributed by atoms with Gasteiger partial charge in [-0.1, -0.05) is 0 Å². The van der Waals surface area contributed by atoms with Crippen LogP contribution in [0.25, 0.3) is 0 Å². The molecule has 0 radical (unpaired) electrons. The third-order valence-corrected chi connectivity index (χ3v) is 3.75. The van der Waals surface area contributed by atoms with Crippen LogP contribution in [0.15, 0.2) is 0 Å². The predicted octanol–water partition coefficient (Wildman–Crippen LogP) is -1.40. The van der Waals surface area contributed by atoms with Crippen LogP contribution in [-0.2, 0) is 9.47 Å². The van der Waals surface area contributed by atoms with Crippen molar-refractivity contribution in [3.8, 4) is 0 Å². The van der Waals surface area contributed by atoms with Crippen LogP contribution in [0.4, 0.5) is 0 Å². The molecule has 1 aliphatic rings. The maximum atomic E-state index is 10.3. The van der Waals surface area contributed by atoms with Gasteiger partial charge in [-0.3, -0.25) is 0 Å². The Kier molecular flexibility index (Phi) is 3.37. The maximum Gasteiger partial charge on any atom is 0.195 e. The molecule has 0 amide bonds. The molecule has 1 heterocycles. The zero-order valence-electron chi connectivity index (χ0n) is 9.97. The molecule has 1 unspecified atom stereocenters. The quantitative estimate of drug-likeness (QED) is 0.471. The molecule has 0 aromatic rings. The standard InChI is InChI=1S/C10H20O6/c1-8(13)7(12)6(5-11)16-10(3,14)9(8,2)15-4/h6-7,11-14H,5H2,1-4H3/t6-,7-,8+,9-,10?/m1/s1. The fraction of sp³-hybridized carbons (Fsp3) is 1.00. The summed E-state index contributed by atoms with van der Waals surface area (Å²) >= 11 is 0. The fourth-order valence-electron chi connectivity index (χ4n) is 2.12. The van der Waals surface area contributed by atoms with Crippen LogP contribution in [0, 0.1) is 0 Å². The van der Waals surface area contributed by atoms with Crippen molar-refractivity contribution < 1.29 is 29.9 Å². The van der Waals surface area contributed by atoms with Crippen molar-refractivity contribution in [1.82, 2.24) is 0 Å². The highest BCUT2D eigenvalue weighted by atomic mass is 16.7. The van der Waals surface area contributed by atoms with Gasteiger partial charge in [-0.05, 0) is 20.8 Å². The van der Waals surface area contributed by atoms with Crippen molar-refractivity contribution in [3.05, 3.63) is 0 Å². The molecule has 4 N–H and O–H groups in total. The largest absolute Gasteiger partial charge is 0.394 e. The lowest BCUT2D eigenvalue weighted by Gasteiger charge is -2.57. The Morgan fingerprint density at radius 2 is 1.75 bits per heavy atom. The molecule has 0 bridgehead atoms. The first-order chi connectivity index (χ1) is 7.14. The van der Waals surface area contributed by atoms with Crippen LogP contribution in [0.5, 0.6) is 0 Å². The molecule has 96 valence electrons. The third-order valence-electron chi connectivity index (χ3n) is 3.75. The lowest BCUT2D eigenvalue weighted by atomic mass is 9.72. The van der Waals surface area contributed by atoms with E-state index in [2.05, 4.69) is 0 Å². The Morgan fingerprint density at radius 1 is 1.25 bits per heavy atom. The molecule has 6 nitrogen and oxygen atoms in total.